The molecule has 0 saturated carbocycles. The van der Waals surface area contributed by atoms with Gasteiger partial charge in [-0.15, -0.1) is 6.58 Å². The van der Waals surface area contributed by atoms with Crippen molar-refractivity contribution in [3.05, 3.63) is 78.5 Å². The Labute approximate surface area is 216 Å². The fraction of sp³-hybridized carbons (Fsp3) is 0.345. The summed E-state index contributed by atoms with van der Waals surface area (Å²) in [6, 6.07) is 13.9. The predicted molar refractivity (Wildman–Crippen MR) is 140 cm³/mol. The van der Waals surface area contributed by atoms with Crippen LogP contribution in [0.1, 0.15) is 41.8 Å². The Balaban J connectivity index is 0.000000209. The zero-order valence-corrected chi connectivity index (χ0v) is 21.0. The number of aromatic carboxylic acids is 1. The van der Waals surface area contributed by atoms with Crippen LogP contribution in [0.4, 0.5) is 0 Å². The molecule has 0 radical (unpaired) electrons. The van der Waals surface area contributed by atoms with E-state index in [1.54, 1.807) is 25.4 Å². The summed E-state index contributed by atoms with van der Waals surface area (Å²) in [7, 11) is 1.66. The van der Waals surface area contributed by atoms with E-state index in [1.165, 1.54) is 25.5 Å². The standard InChI is InChI=1S/C20H24N2O2.C9H8O4/c1-3-13-12-22-9-7-14(13)10-19(22)20(23)16-6-8-21-18-5-4-15(24-2)11-17(16)18;1-6(10)13-8-5-3-2-4-7(8)9(11)12/h3-6,8,11,13-14,19-20,23H,1,7,9-10,12H2,2H3;2-5H,1H3,(H,11,12)/t13-,14?,19-,20-;/m1./s1. The van der Waals surface area contributed by atoms with Gasteiger partial charge >= 0.3 is 11.9 Å². The van der Waals surface area contributed by atoms with Crippen molar-refractivity contribution < 1.29 is 29.3 Å². The summed E-state index contributed by atoms with van der Waals surface area (Å²) in [5.41, 5.74) is 1.83. The number of hydrogen-bond acceptors (Lipinski definition) is 7. The first kappa shape index (κ1) is 26.3. The van der Waals surface area contributed by atoms with Crippen LogP contribution in [0.25, 0.3) is 10.9 Å². The molecule has 0 amide bonds. The van der Waals surface area contributed by atoms with Gasteiger partial charge in [-0.3, -0.25) is 14.7 Å². The molecule has 6 rings (SSSR count). The second-order valence-corrected chi connectivity index (χ2v) is 9.37. The number of aromatic nitrogens is 1. The lowest BCUT2D eigenvalue weighted by atomic mass is 9.73. The minimum atomic E-state index is -1.11. The molecule has 37 heavy (non-hydrogen) atoms. The molecule has 8 heteroatoms. The van der Waals surface area contributed by atoms with Gasteiger partial charge in [-0.1, -0.05) is 18.2 Å². The monoisotopic (exact) mass is 504 g/mol. The summed E-state index contributed by atoms with van der Waals surface area (Å²) < 4.78 is 10.0. The Kier molecular flexibility index (Phi) is 8.21. The number of carboxylic acid groups (broad SMARTS) is 1. The van der Waals surface area contributed by atoms with Crippen molar-refractivity contribution >= 4 is 22.8 Å². The van der Waals surface area contributed by atoms with Crippen molar-refractivity contribution in [3.8, 4) is 11.5 Å². The van der Waals surface area contributed by atoms with E-state index in [9.17, 15) is 14.7 Å². The predicted octanol–water partition coefficient (Wildman–Crippen LogP) is 4.48. The topological polar surface area (TPSA) is 109 Å². The number of carbonyl (C=O) groups excluding carboxylic acids is 1. The summed E-state index contributed by atoms with van der Waals surface area (Å²) in [6.07, 6.45) is 5.62. The first-order valence-corrected chi connectivity index (χ1v) is 12.3. The number of carbonyl (C=O) groups is 2. The quantitative estimate of drug-likeness (QED) is 0.287. The van der Waals surface area contributed by atoms with Crippen LogP contribution in [0.5, 0.6) is 11.5 Å². The number of ether oxygens (including phenoxy) is 2. The van der Waals surface area contributed by atoms with E-state index in [4.69, 9.17) is 9.84 Å². The van der Waals surface area contributed by atoms with E-state index in [2.05, 4.69) is 27.3 Å². The second kappa shape index (κ2) is 11.5. The van der Waals surface area contributed by atoms with E-state index >= 15 is 0 Å². The lowest BCUT2D eigenvalue weighted by Crippen LogP contribution is -2.54. The van der Waals surface area contributed by atoms with Crippen LogP contribution in [-0.2, 0) is 4.79 Å². The van der Waals surface area contributed by atoms with Gasteiger partial charge in [0.25, 0.3) is 0 Å². The first-order chi connectivity index (χ1) is 17.8. The molecule has 0 spiro atoms. The molecule has 2 bridgehead atoms. The number of hydrogen-bond donors (Lipinski definition) is 2. The normalized spacial score (nSPS) is 22.9. The van der Waals surface area contributed by atoms with Crippen LogP contribution < -0.4 is 9.47 Å². The maximum absolute atomic E-state index is 11.2. The molecule has 8 nitrogen and oxygen atoms in total. The van der Waals surface area contributed by atoms with Gasteiger partial charge in [0, 0.05) is 31.1 Å². The van der Waals surface area contributed by atoms with Crippen molar-refractivity contribution in [2.24, 2.45) is 11.8 Å². The molecule has 2 N–H and O–H groups in total. The van der Waals surface area contributed by atoms with E-state index in [-0.39, 0.29) is 17.4 Å². The second-order valence-electron chi connectivity index (χ2n) is 9.37. The summed E-state index contributed by atoms with van der Waals surface area (Å²) in [5, 5.41) is 20.8. The number of piperidine rings is 3. The molecule has 194 valence electrons. The number of pyridine rings is 1. The van der Waals surface area contributed by atoms with E-state index in [1.807, 2.05) is 24.3 Å². The largest absolute Gasteiger partial charge is 0.497 e. The Morgan fingerprint density at radius 2 is 2.00 bits per heavy atom. The number of aliphatic hydroxyl groups excluding tert-OH is 1. The highest BCUT2D eigenvalue weighted by atomic mass is 16.5. The number of rotatable bonds is 6. The van der Waals surface area contributed by atoms with Crippen molar-refractivity contribution in [2.45, 2.75) is 31.9 Å². The van der Waals surface area contributed by atoms with Crippen molar-refractivity contribution in [1.29, 1.82) is 0 Å². The molecule has 3 aromatic rings. The molecular weight excluding hydrogens is 472 g/mol. The number of nitrogens with zero attached hydrogens (tertiary/aromatic N) is 2. The maximum Gasteiger partial charge on any atom is 0.339 e. The van der Waals surface area contributed by atoms with Gasteiger partial charge in [0.05, 0.1) is 18.7 Å². The zero-order valence-electron chi connectivity index (χ0n) is 21.0. The van der Waals surface area contributed by atoms with Crippen LogP contribution in [-0.4, -0.2) is 58.3 Å². The molecule has 4 heterocycles. The number of esters is 1. The Bertz CT molecular complexity index is 1290. The first-order valence-electron chi connectivity index (χ1n) is 12.3. The third-order valence-corrected chi connectivity index (χ3v) is 7.19. The number of carboxylic acids is 1. The number of aliphatic hydroxyl groups is 1. The Hall–Kier alpha value is -3.75. The average molecular weight is 505 g/mol. The van der Waals surface area contributed by atoms with Gasteiger partial charge < -0.3 is 19.7 Å². The van der Waals surface area contributed by atoms with Gasteiger partial charge in [0.15, 0.2) is 0 Å². The fourth-order valence-electron chi connectivity index (χ4n) is 5.33. The molecule has 3 fully saturated rings. The molecule has 2 unspecified atom stereocenters. The summed E-state index contributed by atoms with van der Waals surface area (Å²) in [6.45, 7) is 7.29. The minimum absolute atomic E-state index is 0.0160. The summed E-state index contributed by atoms with van der Waals surface area (Å²) in [4.78, 5) is 28.0. The molecule has 2 aromatic carbocycles. The van der Waals surface area contributed by atoms with Crippen molar-refractivity contribution in [2.75, 3.05) is 20.2 Å². The average Bonchev–Trinajstić information content (AvgIpc) is 2.92. The van der Waals surface area contributed by atoms with E-state index < -0.39 is 18.0 Å². The van der Waals surface area contributed by atoms with E-state index in [0.717, 1.165) is 41.7 Å². The number of benzene rings is 2. The highest BCUT2D eigenvalue weighted by Crippen LogP contribution is 2.42. The lowest BCUT2D eigenvalue weighted by molar-refractivity contribution is -0.131. The summed E-state index contributed by atoms with van der Waals surface area (Å²) in [5.74, 6) is 0.431. The number of methoxy groups -OCH3 is 1. The molecule has 3 aliphatic heterocycles. The molecule has 0 aliphatic carbocycles. The molecule has 1 aromatic heterocycles. The van der Waals surface area contributed by atoms with Gasteiger partial charge in [-0.2, -0.15) is 0 Å². The maximum atomic E-state index is 11.2. The van der Waals surface area contributed by atoms with Crippen LogP contribution in [0.15, 0.2) is 67.4 Å². The summed E-state index contributed by atoms with van der Waals surface area (Å²) >= 11 is 0. The van der Waals surface area contributed by atoms with Crippen LogP contribution in [0.3, 0.4) is 0 Å². The minimum Gasteiger partial charge on any atom is -0.497 e. The van der Waals surface area contributed by atoms with Gasteiger partial charge in [-0.05, 0) is 73.2 Å². The molecule has 3 aliphatic rings. The third kappa shape index (κ3) is 5.81. The van der Waals surface area contributed by atoms with Crippen LogP contribution >= 0.6 is 0 Å². The Morgan fingerprint density at radius 1 is 1.22 bits per heavy atom. The zero-order chi connectivity index (χ0) is 26.5. The van der Waals surface area contributed by atoms with Gasteiger partial charge in [-0.25, -0.2) is 4.79 Å². The number of para-hydroxylation sites is 1. The Morgan fingerprint density at radius 3 is 2.65 bits per heavy atom. The highest BCUT2D eigenvalue weighted by Gasteiger charge is 2.42. The lowest BCUT2D eigenvalue weighted by Gasteiger charge is -2.50. The van der Waals surface area contributed by atoms with Crippen LogP contribution in [0, 0.1) is 11.8 Å². The van der Waals surface area contributed by atoms with E-state index in [0.29, 0.717) is 11.8 Å². The third-order valence-electron chi connectivity index (χ3n) is 7.19. The molecule has 3 saturated heterocycles. The van der Waals surface area contributed by atoms with Gasteiger partial charge in [0.1, 0.15) is 17.1 Å². The fourth-order valence-corrected chi connectivity index (χ4v) is 5.33. The van der Waals surface area contributed by atoms with Crippen molar-refractivity contribution in [3.63, 3.8) is 0 Å². The van der Waals surface area contributed by atoms with Gasteiger partial charge in [0.2, 0.25) is 0 Å². The molecular formula is C29H32N2O6. The SMILES string of the molecule is C=C[C@@H]1CN2CCC1C[C@@H]2[C@H](O)c1ccnc2ccc(OC)cc12.CC(=O)Oc1ccccc1C(=O)O. The highest BCUT2D eigenvalue weighted by molar-refractivity contribution is 5.91. The van der Waals surface area contributed by atoms with Crippen molar-refractivity contribution in [1.82, 2.24) is 9.88 Å². The molecule has 5 atom stereocenters. The number of fused-ring (bicyclic) bond motifs is 4. The van der Waals surface area contributed by atoms with Crippen LogP contribution in [0.2, 0.25) is 0 Å². The smallest absolute Gasteiger partial charge is 0.339 e.